The molecule has 1 aromatic heterocycles. The number of aryl methyl sites for hydroxylation is 1. The summed E-state index contributed by atoms with van der Waals surface area (Å²) < 4.78 is 86.5. The molecule has 0 bridgehead atoms. The van der Waals surface area contributed by atoms with Gasteiger partial charge >= 0.3 is 0 Å². The van der Waals surface area contributed by atoms with Crippen molar-refractivity contribution in [3.8, 4) is 39.1 Å². The molecule has 0 atom stereocenters. The van der Waals surface area contributed by atoms with Crippen molar-refractivity contribution >= 4 is 32.6 Å². The van der Waals surface area contributed by atoms with Gasteiger partial charge in [0, 0.05) is 10.8 Å². The van der Waals surface area contributed by atoms with E-state index in [0.717, 1.165) is 44.3 Å². The Morgan fingerprint density at radius 1 is 0.524 bits per heavy atom. The molecule has 7 aromatic carbocycles. The fourth-order valence-corrected chi connectivity index (χ4v) is 5.91. The third-order valence-electron chi connectivity index (χ3n) is 7.68. The van der Waals surface area contributed by atoms with Crippen molar-refractivity contribution in [3.63, 3.8) is 0 Å². The molecule has 42 heavy (non-hydrogen) atoms. The second-order valence-electron chi connectivity index (χ2n) is 10.1. The Bertz CT molecular complexity index is 2770. The largest absolute Gasteiger partial charge is 0.295 e. The van der Waals surface area contributed by atoms with Gasteiger partial charge in [0.25, 0.3) is 0 Å². The van der Waals surface area contributed by atoms with Gasteiger partial charge in [-0.05, 0) is 75.3 Å². The topological polar surface area (TPSA) is 17.8 Å². The van der Waals surface area contributed by atoms with E-state index in [9.17, 15) is 0 Å². The quantitative estimate of drug-likeness (QED) is 0.201. The Labute approximate surface area is 259 Å². The number of hydrogen-bond acceptors (Lipinski definition) is 1. The molecule has 8 aromatic rings. The van der Waals surface area contributed by atoms with Gasteiger partial charge in [0.1, 0.15) is 5.82 Å². The normalized spacial score (nSPS) is 14.8. The van der Waals surface area contributed by atoms with E-state index >= 15 is 0 Å². The zero-order chi connectivity index (χ0) is 36.7. The summed E-state index contributed by atoms with van der Waals surface area (Å²) in [6, 6.07) is 24.6. The van der Waals surface area contributed by atoms with Crippen LogP contribution < -0.4 is 0 Å². The molecule has 0 spiro atoms. The zero-order valence-corrected chi connectivity index (χ0v) is 22.6. The molecule has 0 saturated heterocycles. The highest BCUT2D eigenvalue weighted by molar-refractivity contribution is 6.19. The average molecular weight is 547 g/mol. The van der Waals surface area contributed by atoms with E-state index in [1.165, 1.54) is 0 Å². The van der Waals surface area contributed by atoms with Gasteiger partial charge in [-0.2, -0.15) is 0 Å². The molecule has 0 unspecified atom stereocenters. The van der Waals surface area contributed by atoms with Crippen molar-refractivity contribution in [3.05, 3.63) is 157 Å². The first-order valence-corrected chi connectivity index (χ1v) is 13.6. The summed E-state index contributed by atoms with van der Waals surface area (Å²) in [6.45, 7) is 1.94. The van der Waals surface area contributed by atoms with Crippen LogP contribution in [-0.2, 0) is 0 Å². The van der Waals surface area contributed by atoms with Crippen LogP contribution in [0.3, 0.4) is 0 Å². The molecule has 2 heteroatoms. The fraction of sp³-hybridized carbons (Fsp3) is 0.0250. The van der Waals surface area contributed by atoms with Gasteiger partial charge in [-0.15, -0.1) is 0 Å². The standard InChI is InChI=1S/C40H28N2/c1-27-41-37-21-10-11-22-38(37)42(27)40-34-20-9-8-19-33(34)39(32-18-12-17-30(25-32)28-13-4-2-5-14-28)36-26-31(23-24-35(36)40)29-15-6-3-7-16-29/h2-26H,1H3/i2D,3D,4D,5D,6D,7D,13D,14D,15D,16D. The number of para-hydroxylation sites is 2. The van der Waals surface area contributed by atoms with Crippen LogP contribution in [0, 0.1) is 6.92 Å². The monoisotopic (exact) mass is 546 g/mol. The smallest absolute Gasteiger partial charge is 0.111 e. The Kier molecular flexibility index (Phi) is 3.78. The van der Waals surface area contributed by atoms with Crippen LogP contribution >= 0.6 is 0 Å². The lowest BCUT2D eigenvalue weighted by atomic mass is 9.87. The molecule has 8 rings (SSSR count). The molecule has 0 aliphatic rings. The van der Waals surface area contributed by atoms with E-state index in [4.69, 9.17) is 18.7 Å². The first-order chi connectivity index (χ1) is 24.9. The third kappa shape index (κ3) is 3.92. The fourth-order valence-electron chi connectivity index (χ4n) is 5.91. The predicted octanol–water partition coefficient (Wildman–Crippen LogP) is 10.6. The molecule has 0 saturated carbocycles. The first kappa shape index (κ1) is 16.1. The number of imidazole rings is 1. The van der Waals surface area contributed by atoms with Crippen molar-refractivity contribution in [2.75, 3.05) is 0 Å². The summed E-state index contributed by atoms with van der Waals surface area (Å²) in [7, 11) is 0. The summed E-state index contributed by atoms with van der Waals surface area (Å²) in [5.41, 5.74) is 5.07. The average Bonchev–Trinajstić information content (AvgIpc) is 3.49. The molecule has 0 fully saturated rings. The van der Waals surface area contributed by atoms with Crippen molar-refractivity contribution < 1.29 is 13.7 Å². The Morgan fingerprint density at radius 2 is 1.14 bits per heavy atom. The lowest BCUT2D eigenvalue weighted by molar-refractivity contribution is 1.02. The van der Waals surface area contributed by atoms with Crippen LogP contribution in [0.2, 0.25) is 0 Å². The Morgan fingerprint density at radius 3 is 1.90 bits per heavy atom. The highest BCUT2D eigenvalue weighted by Gasteiger charge is 2.20. The van der Waals surface area contributed by atoms with Gasteiger partial charge in [-0.3, -0.25) is 4.57 Å². The molecule has 0 aliphatic heterocycles. The maximum atomic E-state index is 8.75. The van der Waals surface area contributed by atoms with Gasteiger partial charge in [-0.1, -0.05) is 127 Å². The number of aromatic nitrogens is 2. The van der Waals surface area contributed by atoms with Gasteiger partial charge in [0.15, 0.2) is 0 Å². The van der Waals surface area contributed by atoms with Crippen LogP contribution in [0.15, 0.2) is 151 Å². The molecular weight excluding hydrogens is 508 g/mol. The minimum atomic E-state index is -0.472. The molecule has 1 heterocycles. The highest BCUT2D eigenvalue weighted by atomic mass is 15.1. The third-order valence-corrected chi connectivity index (χ3v) is 7.68. The van der Waals surface area contributed by atoms with Crippen LogP contribution in [0.4, 0.5) is 0 Å². The molecule has 0 aliphatic carbocycles. The number of nitrogens with zero attached hydrogens (tertiary/aromatic N) is 2. The lowest BCUT2D eigenvalue weighted by Gasteiger charge is -2.20. The van der Waals surface area contributed by atoms with Gasteiger partial charge < -0.3 is 0 Å². The molecule has 0 amide bonds. The summed E-state index contributed by atoms with van der Waals surface area (Å²) >= 11 is 0. The number of hydrogen-bond donors (Lipinski definition) is 0. The molecular formula is C40H28N2. The summed E-state index contributed by atoms with van der Waals surface area (Å²) in [4.78, 5) is 4.86. The van der Waals surface area contributed by atoms with E-state index in [1.807, 2.05) is 79.7 Å². The molecule has 2 nitrogen and oxygen atoms in total. The summed E-state index contributed by atoms with van der Waals surface area (Å²) in [5, 5.41) is 3.27. The summed E-state index contributed by atoms with van der Waals surface area (Å²) in [6.07, 6.45) is 0. The lowest BCUT2D eigenvalue weighted by Crippen LogP contribution is -2.01. The molecule has 0 radical (unpaired) electrons. The SMILES string of the molecule is [2H]c1c([2H])c([2H])c(-c2cccc(-c3c4ccccc4c(-n4c(C)nc5ccccc54)c4ccc(-c5c([2H])c([2H])c([2H])c([2H])c5[2H])cc34)c2)c([2H])c1[2H]. The Balaban J connectivity index is 1.53. The minimum absolute atomic E-state index is 0.0747. The minimum Gasteiger partial charge on any atom is -0.295 e. The summed E-state index contributed by atoms with van der Waals surface area (Å²) in [5.74, 6) is 0.762. The van der Waals surface area contributed by atoms with Crippen molar-refractivity contribution in [1.29, 1.82) is 0 Å². The highest BCUT2D eigenvalue weighted by Crippen LogP contribution is 2.44. The maximum absolute atomic E-state index is 8.75. The number of fused-ring (bicyclic) bond motifs is 3. The van der Waals surface area contributed by atoms with Crippen molar-refractivity contribution in [2.45, 2.75) is 6.92 Å². The first-order valence-electron chi connectivity index (χ1n) is 18.6. The van der Waals surface area contributed by atoms with Crippen LogP contribution in [0.5, 0.6) is 0 Å². The van der Waals surface area contributed by atoms with Crippen molar-refractivity contribution in [2.24, 2.45) is 0 Å². The second kappa shape index (κ2) is 9.87. The second-order valence-corrected chi connectivity index (χ2v) is 10.1. The van der Waals surface area contributed by atoms with E-state index in [2.05, 4.69) is 4.57 Å². The van der Waals surface area contributed by atoms with E-state index in [-0.39, 0.29) is 35.3 Å². The van der Waals surface area contributed by atoms with Gasteiger partial charge in [0.05, 0.1) is 30.4 Å². The van der Waals surface area contributed by atoms with E-state index in [1.54, 1.807) is 18.2 Å². The Hall–Kier alpha value is -5.47. The maximum Gasteiger partial charge on any atom is 0.111 e. The predicted molar refractivity (Wildman–Crippen MR) is 177 cm³/mol. The van der Waals surface area contributed by atoms with Crippen molar-refractivity contribution in [1.82, 2.24) is 9.55 Å². The zero-order valence-electron chi connectivity index (χ0n) is 32.6. The number of rotatable bonds is 4. The van der Waals surface area contributed by atoms with Gasteiger partial charge in [0.2, 0.25) is 0 Å². The van der Waals surface area contributed by atoms with E-state index < -0.39 is 36.3 Å². The molecule has 0 N–H and O–H groups in total. The number of benzene rings is 7. The van der Waals surface area contributed by atoms with Crippen LogP contribution in [0.1, 0.15) is 19.5 Å². The van der Waals surface area contributed by atoms with E-state index in [0.29, 0.717) is 22.1 Å². The van der Waals surface area contributed by atoms with Crippen LogP contribution in [-0.4, -0.2) is 9.55 Å². The van der Waals surface area contributed by atoms with Crippen LogP contribution in [0.25, 0.3) is 71.6 Å². The molecule has 198 valence electrons. The van der Waals surface area contributed by atoms with Gasteiger partial charge in [-0.25, -0.2) is 4.98 Å².